The molecule has 0 fully saturated rings. The van der Waals surface area contributed by atoms with E-state index in [-0.39, 0.29) is 16.8 Å². The van der Waals surface area contributed by atoms with Crippen LogP contribution in [0, 0.1) is 17.1 Å². The molecule has 0 radical (unpaired) electrons. The van der Waals surface area contributed by atoms with Crippen molar-refractivity contribution in [3.05, 3.63) is 69.4 Å². The van der Waals surface area contributed by atoms with Gasteiger partial charge >= 0.3 is 5.69 Å². The number of amides is 1. The number of fused-ring (bicyclic) bond motifs is 1. The second kappa shape index (κ2) is 6.64. The Kier molecular flexibility index (Phi) is 4.37. The Labute approximate surface area is 147 Å². The number of rotatable bonds is 3. The van der Waals surface area contributed by atoms with Crippen LogP contribution < -0.4 is 11.1 Å². The molecule has 0 aliphatic carbocycles. The standard InChI is InChI=1S/C18H14FN5O2/c1-23-15-6-4-12(8-16(15)24(2)18(23)26)10-21-22-17(25)13-5-3-11(9-20)7-14(13)19/h3-8,10H,1-2H3,(H,22,25)/b21-10-. The van der Waals surface area contributed by atoms with Crippen molar-refractivity contribution < 1.29 is 9.18 Å². The Hall–Kier alpha value is -3.73. The van der Waals surface area contributed by atoms with E-state index in [2.05, 4.69) is 10.5 Å². The van der Waals surface area contributed by atoms with Gasteiger partial charge < -0.3 is 0 Å². The first kappa shape index (κ1) is 17.1. The Morgan fingerprint density at radius 1 is 1.19 bits per heavy atom. The van der Waals surface area contributed by atoms with Crippen LogP contribution in [0.25, 0.3) is 11.0 Å². The fourth-order valence-corrected chi connectivity index (χ4v) is 2.60. The average Bonchev–Trinajstić information content (AvgIpc) is 2.85. The fraction of sp³-hybridized carbons (Fsp3) is 0.111. The molecule has 3 rings (SSSR count). The van der Waals surface area contributed by atoms with Gasteiger partial charge in [0, 0.05) is 14.1 Å². The third kappa shape index (κ3) is 2.98. The van der Waals surface area contributed by atoms with Crippen LogP contribution in [0.5, 0.6) is 0 Å². The van der Waals surface area contributed by atoms with Crippen LogP contribution in [0.2, 0.25) is 0 Å². The van der Waals surface area contributed by atoms with E-state index < -0.39 is 11.7 Å². The summed E-state index contributed by atoms with van der Waals surface area (Å²) in [5.74, 6) is -1.52. The number of hydrazone groups is 1. The van der Waals surface area contributed by atoms with Gasteiger partial charge in [-0.1, -0.05) is 6.07 Å². The van der Waals surface area contributed by atoms with E-state index in [0.29, 0.717) is 5.56 Å². The molecule has 130 valence electrons. The molecule has 8 heteroatoms. The van der Waals surface area contributed by atoms with Crippen molar-refractivity contribution in [2.24, 2.45) is 19.2 Å². The number of hydrogen-bond acceptors (Lipinski definition) is 4. The lowest BCUT2D eigenvalue weighted by molar-refractivity contribution is 0.0951. The molecule has 0 spiro atoms. The average molecular weight is 351 g/mol. The van der Waals surface area contributed by atoms with Gasteiger partial charge in [-0.05, 0) is 35.9 Å². The minimum absolute atomic E-state index is 0.129. The summed E-state index contributed by atoms with van der Waals surface area (Å²) in [4.78, 5) is 23.9. The maximum Gasteiger partial charge on any atom is 0.328 e. The number of benzene rings is 2. The number of aryl methyl sites for hydroxylation is 2. The van der Waals surface area contributed by atoms with Gasteiger partial charge in [-0.2, -0.15) is 10.4 Å². The van der Waals surface area contributed by atoms with E-state index in [9.17, 15) is 14.0 Å². The molecule has 0 aliphatic rings. The highest BCUT2D eigenvalue weighted by atomic mass is 19.1. The van der Waals surface area contributed by atoms with Crippen molar-refractivity contribution in [3.8, 4) is 6.07 Å². The van der Waals surface area contributed by atoms with E-state index in [4.69, 9.17) is 5.26 Å². The predicted octanol–water partition coefficient (Wildman–Crippen LogP) is 1.65. The number of nitrogens with one attached hydrogen (secondary N) is 1. The summed E-state index contributed by atoms with van der Waals surface area (Å²) in [5, 5.41) is 12.5. The topological polar surface area (TPSA) is 92.2 Å². The number of nitrogens with zero attached hydrogens (tertiary/aromatic N) is 4. The van der Waals surface area contributed by atoms with Crippen LogP contribution in [-0.4, -0.2) is 21.3 Å². The zero-order valence-electron chi connectivity index (χ0n) is 14.0. The molecule has 1 heterocycles. The number of nitriles is 1. The number of aromatic nitrogens is 2. The highest BCUT2D eigenvalue weighted by Gasteiger charge is 2.11. The summed E-state index contributed by atoms with van der Waals surface area (Å²) < 4.78 is 16.8. The van der Waals surface area contributed by atoms with Gasteiger partial charge in [-0.3, -0.25) is 13.9 Å². The van der Waals surface area contributed by atoms with E-state index in [0.717, 1.165) is 17.1 Å². The molecule has 1 amide bonds. The van der Waals surface area contributed by atoms with Crippen LogP contribution in [0.1, 0.15) is 21.5 Å². The quantitative estimate of drug-likeness (QED) is 0.574. The van der Waals surface area contributed by atoms with Crippen LogP contribution in [0.3, 0.4) is 0 Å². The summed E-state index contributed by atoms with van der Waals surface area (Å²) >= 11 is 0. The third-order valence-corrected chi connectivity index (χ3v) is 4.02. The van der Waals surface area contributed by atoms with Crippen LogP contribution in [-0.2, 0) is 14.1 Å². The molecule has 1 aromatic heterocycles. The first-order valence-corrected chi connectivity index (χ1v) is 7.61. The smallest absolute Gasteiger partial charge is 0.295 e. The molecule has 0 saturated heterocycles. The van der Waals surface area contributed by atoms with Crippen LogP contribution >= 0.6 is 0 Å². The molecule has 0 aliphatic heterocycles. The van der Waals surface area contributed by atoms with Gasteiger partial charge in [-0.25, -0.2) is 14.6 Å². The van der Waals surface area contributed by atoms with Crippen molar-refractivity contribution >= 4 is 23.2 Å². The van der Waals surface area contributed by atoms with Gasteiger partial charge in [0.15, 0.2) is 0 Å². The molecule has 7 nitrogen and oxygen atoms in total. The summed E-state index contributed by atoms with van der Waals surface area (Å²) in [6.07, 6.45) is 1.40. The minimum Gasteiger partial charge on any atom is -0.295 e. The van der Waals surface area contributed by atoms with E-state index in [1.807, 2.05) is 0 Å². The Bertz CT molecular complexity index is 1150. The predicted molar refractivity (Wildman–Crippen MR) is 94.3 cm³/mol. The number of carbonyl (C=O) groups excluding carboxylic acids is 1. The molecule has 3 aromatic rings. The molecule has 2 aromatic carbocycles. The summed E-state index contributed by atoms with van der Waals surface area (Å²) in [7, 11) is 3.35. The molecule has 0 atom stereocenters. The molecule has 0 unspecified atom stereocenters. The second-order valence-electron chi connectivity index (χ2n) is 5.65. The summed E-state index contributed by atoms with van der Waals surface area (Å²) in [5.41, 5.74) is 4.19. The molecule has 1 N–H and O–H groups in total. The normalized spacial score (nSPS) is 11.0. The largest absolute Gasteiger partial charge is 0.328 e. The van der Waals surface area contributed by atoms with E-state index in [1.54, 1.807) is 38.4 Å². The maximum atomic E-state index is 13.8. The van der Waals surface area contributed by atoms with Gasteiger partial charge in [-0.15, -0.1) is 0 Å². The van der Waals surface area contributed by atoms with E-state index >= 15 is 0 Å². The highest BCUT2D eigenvalue weighted by molar-refractivity contribution is 5.95. The lowest BCUT2D eigenvalue weighted by Gasteiger charge is -2.02. The highest BCUT2D eigenvalue weighted by Crippen LogP contribution is 2.13. The maximum absolute atomic E-state index is 13.8. The first-order chi connectivity index (χ1) is 12.4. The molecule has 0 saturated carbocycles. The zero-order chi connectivity index (χ0) is 18.8. The number of halogens is 1. The first-order valence-electron chi connectivity index (χ1n) is 7.61. The summed E-state index contributed by atoms with van der Waals surface area (Å²) in [6.45, 7) is 0. The monoisotopic (exact) mass is 351 g/mol. The Morgan fingerprint density at radius 2 is 1.92 bits per heavy atom. The number of carbonyl (C=O) groups is 1. The molecule has 0 bridgehead atoms. The van der Waals surface area contributed by atoms with Crippen LogP contribution in [0.4, 0.5) is 4.39 Å². The minimum atomic E-state index is -0.794. The third-order valence-electron chi connectivity index (χ3n) is 4.02. The fourth-order valence-electron chi connectivity index (χ4n) is 2.60. The second-order valence-corrected chi connectivity index (χ2v) is 5.65. The SMILES string of the molecule is Cn1c(=O)n(C)c2cc(/C=N\NC(=O)c3ccc(C#N)cc3F)ccc21. The zero-order valence-corrected chi connectivity index (χ0v) is 14.0. The van der Waals surface area contributed by atoms with Gasteiger partial charge in [0.25, 0.3) is 5.91 Å². The van der Waals surface area contributed by atoms with Crippen molar-refractivity contribution in [1.82, 2.24) is 14.6 Å². The van der Waals surface area contributed by atoms with Crippen LogP contribution in [0.15, 0.2) is 46.3 Å². The lowest BCUT2D eigenvalue weighted by Crippen LogP contribution is -2.19. The van der Waals surface area contributed by atoms with E-state index in [1.165, 1.54) is 27.5 Å². The molecule has 26 heavy (non-hydrogen) atoms. The van der Waals surface area contributed by atoms with Gasteiger partial charge in [0.05, 0.1) is 34.4 Å². The number of imidazole rings is 1. The Balaban J connectivity index is 1.79. The molecular weight excluding hydrogens is 337 g/mol. The van der Waals surface area contributed by atoms with Crippen molar-refractivity contribution in [2.75, 3.05) is 0 Å². The Morgan fingerprint density at radius 3 is 2.62 bits per heavy atom. The van der Waals surface area contributed by atoms with Crippen molar-refractivity contribution in [2.45, 2.75) is 0 Å². The van der Waals surface area contributed by atoms with Gasteiger partial charge in [0.1, 0.15) is 5.82 Å². The molecular formula is C18H14FN5O2. The van der Waals surface area contributed by atoms with Crippen molar-refractivity contribution in [3.63, 3.8) is 0 Å². The lowest BCUT2D eigenvalue weighted by atomic mass is 10.1. The van der Waals surface area contributed by atoms with Gasteiger partial charge in [0.2, 0.25) is 0 Å². The number of hydrogen-bond donors (Lipinski definition) is 1. The summed E-state index contributed by atoms with van der Waals surface area (Å²) in [6, 6.07) is 10.7. The van der Waals surface area contributed by atoms with Crippen molar-refractivity contribution in [1.29, 1.82) is 5.26 Å².